The first kappa shape index (κ1) is 15.1. The quantitative estimate of drug-likeness (QED) is 0.799. The molecule has 0 radical (unpaired) electrons. The number of hydrogen-bond acceptors (Lipinski definition) is 3. The van der Waals surface area contributed by atoms with Gasteiger partial charge in [-0.1, -0.05) is 0 Å². The number of nitrogens with zero attached hydrogens (tertiary/aromatic N) is 1. The lowest BCUT2D eigenvalue weighted by atomic mass is 9.94. The number of amides is 1. The van der Waals surface area contributed by atoms with E-state index in [-0.39, 0.29) is 5.91 Å². The normalized spacial score (nSPS) is 22.8. The van der Waals surface area contributed by atoms with Gasteiger partial charge in [0.1, 0.15) is 5.69 Å². The molecule has 1 aliphatic rings. The summed E-state index contributed by atoms with van der Waals surface area (Å²) in [6.45, 7) is 3.09. The molecule has 3 N–H and O–H groups in total. The summed E-state index contributed by atoms with van der Waals surface area (Å²) in [7, 11) is 1.89. The lowest BCUT2D eigenvalue weighted by Crippen LogP contribution is -2.33. The lowest BCUT2D eigenvalue weighted by Gasteiger charge is -2.26. The summed E-state index contributed by atoms with van der Waals surface area (Å²) < 4.78 is 7.66. The van der Waals surface area contributed by atoms with E-state index in [9.17, 15) is 4.79 Å². The molecule has 0 atom stereocenters. The van der Waals surface area contributed by atoms with Crippen molar-refractivity contribution in [1.29, 1.82) is 0 Å². The van der Waals surface area contributed by atoms with Crippen molar-refractivity contribution in [3.8, 4) is 0 Å². The minimum absolute atomic E-state index is 0.0464. The molecule has 1 fully saturated rings. The minimum atomic E-state index is -0.0464. The van der Waals surface area contributed by atoms with E-state index in [1.807, 2.05) is 30.7 Å². The van der Waals surface area contributed by atoms with Crippen LogP contribution in [-0.4, -0.2) is 35.8 Å². The van der Waals surface area contributed by atoms with E-state index in [0.29, 0.717) is 31.0 Å². The standard InChI is InChI=1S/C15H25N3O2/c1-11-3-8-14(18(11)2)15(19)17-9-10-20-13-6-4-12(16)5-7-13/h3,8,12-13H,4-7,9-10,16H2,1-2H3,(H,17,19). The fraction of sp³-hybridized carbons (Fsp3) is 0.667. The highest BCUT2D eigenvalue weighted by Crippen LogP contribution is 2.19. The van der Waals surface area contributed by atoms with Gasteiger partial charge in [0, 0.05) is 25.3 Å². The number of hydrogen-bond donors (Lipinski definition) is 2. The van der Waals surface area contributed by atoms with Crippen molar-refractivity contribution in [2.45, 2.75) is 44.8 Å². The zero-order valence-electron chi connectivity index (χ0n) is 12.4. The molecule has 1 amide bonds. The first-order valence-corrected chi connectivity index (χ1v) is 7.35. The molecule has 0 unspecified atom stereocenters. The Morgan fingerprint density at radius 3 is 2.70 bits per heavy atom. The van der Waals surface area contributed by atoms with Gasteiger partial charge in [-0.3, -0.25) is 4.79 Å². The van der Waals surface area contributed by atoms with Gasteiger partial charge in [-0.05, 0) is 44.7 Å². The Balaban J connectivity index is 1.66. The first-order valence-electron chi connectivity index (χ1n) is 7.35. The van der Waals surface area contributed by atoms with Gasteiger partial charge in [0.25, 0.3) is 5.91 Å². The van der Waals surface area contributed by atoms with Crippen LogP contribution in [0.25, 0.3) is 0 Å². The molecular weight excluding hydrogens is 254 g/mol. The van der Waals surface area contributed by atoms with E-state index in [2.05, 4.69) is 5.32 Å². The molecule has 1 aromatic heterocycles. The molecule has 0 aromatic carbocycles. The van der Waals surface area contributed by atoms with Crippen molar-refractivity contribution in [1.82, 2.24) is 9.88 Å². The highest BCUT2D eigenvalue weighted by Gasteiger charge is 2.18. The van der Waals surface area contributed by atoms with E-state index >= 15 is 0 Å². The summed E-state index contributed by atoms with van der Waals surface area (Å²) in [5, 5.41) is 2.89. The largest absolute Gasteiger partial charge is 0.376 e. The average Bonchev–Trinajstić information content (AvgIpc) is 2.77. The number of nitrogens with two attached hydrogens (primary N) is 1. The zero-order chi connectivity index (χ0) is 14.5. The maximum atomic E-state index is 12.0. The maximum absolute atomic E-state index is 12.0. The van der Waals surface area contributed by atoms with E-state index in [1.165, 1.54) is 0 Å². The van der Waals surface area contributed by atoms with E-state index in [0.717, 1.165) is 31.4 Å². The van der Waals surface area contributed by atoms with Crippen molar-refractivity contribution in [2.24, 2.45) is 12.8 Å². The Kier molecular flexibility index (Phi) is 5.20. The molecule has 0 bridgehead atoms. The smallest absolute Gasteiger partial charge is 0.267 e. The topological polar surface area (TPSA) is 69.3 Å². The zero-order valence-corrected chi connectivity index (χ0v) is 12.4. The summed E-state index contributed by atoms with van der Waals surface area (Å²) in [5.74, 6) is -0.0464. The van der Waals surface area contributed by atoms with Crippen molar-refractivity contribution < 1.29 is 9.53 Å². The molecule has 5 nitrogen and oxygen atoms in total. The van der Waals surface area contributed by atoms with Gasteiger partial charge < -0.3 is 20.4 Å². The van der Waals surface area contributed by atoms with Crippen LogP contribution in [0.2, 0.25) is 0 Å². The van der Waals surface area contributed by atoms with Crippen LogP contribution in [0, 0.1) is 6.92 Å². The van der Waals surface area contributed by atoms with Gasteiger partial charge in [0.15, 0.2) is 0 Å². The van der Waals surface area contributed by atoms with Crippen LogP contribution in [0.5, 0.6) is 0 Å². The molecule has 1 aromatic rings. The number of carbonyl (C=O) groups excluding carboxylic acids is 1. The summed E-state index contributed by atoms with van der Waals surface area (Å²) in [5.41, 5.74) is 7.62. The molecule has 0 spiro atoms. The second-order valence-electron chi connectivity index (χ2n) is 5.58. The average molecular weight is 279 g/mol. The van der Waals surface area contributed by atoms with Crippen molar-refractivity contribution >= 4 is 5.91 Å². The fourth-order valence-corrected chi connectivity index (χ4v) is 2.58. The van der Waals surface area contributed by atoms with Crippen molar-refractivity contribution in [3.63, 3.8) is 0 Å². The Morgan fingerprint density at radius 1 is 1.40 bits per heavy atom. The molecule has 0 saturated heterocycles. The van der Waals surface area contributed by atoms with E-state index in [4.69, 9.17) is 10.5 Å². The first-order chi connectivity index (χ1) is 9.58. The predicted octanol–water partition coefficient (Wildman–Crippen LogP) is 1.35. The fourth-order valence-electron chi connectivity index (χ4n) is 2.58. The number of aromatic nitrogens is 1. The van der Waals surface area contributed by atoms with Crippen LogP contribution in [0.1, 0.15) is 41.9 Å². The van der Waals surface area contributed by atoms with Crippen LogP contribution < -0.4 is 11.1 Å². The third-order valence-electron chi connectivity index (χ3n) is 4.07. The third kappa shape index (κ3) is 3.84. The summed E-state index contributed by atoms with van der Waals surface area (Å²) >= 11 is 0. The molecule has 0 aliphatic heterocycles. The minimum Gasteiger partial charge on any atom is -0.376 e. The highest BCUT2D eigenvalue weighted by molar-refractivity contribution is 5.92. The van der Waals surface area contributed by atoms with Crippen molar-refractivity contribution in [2.75, 3.05) is 13.2 Å². The molecule has 2 rings (SSSR count). The molecule has 1 heterocycles. The molecule has 20 heavy (non-hydrogen) atoms. The van der Waals surface area contributed by atoms with Gasteiger partial charge in [-0.15, -0.1) is 0 Å². The van der Waals surface area contributed by atoms with Gasteiger partial charge in [0.2, 0.25) is 0 Å². The molecular formula is C15H25N3O2. The molecule has 1 saturated carbocycles. The summed E-state index contributed by atoms with van der Waals surface area (Å²) in [6, 6.07) is 4.13. The molecule has 112 valence electrons. The van der Waals surface area contributed by atoms with Crippen LogP contribution >= 0.6 is 0 Å². The second kappa shape index (κ2) is 6.90. The molecule has 5 heteroatoms. The maximum Gasteiger partial charge on any atom is 0.267 e. The lowest BCUT2D eigenvalue weighted by molar-refractivity contribution is 0.0267. The number of ether oxygens (including phenoxy) is 1. The SMILES string of the molecule is Cc1ccc(C(=O)NCCOC2CCC(N)CC2)n1C. The van der Waals surface area contributed by atoms with E-state index in [1.54, 1.807) is 0 Å². The highest BCUT2D eigenvalue weighted by atomic mass is 16.5. The Bertz CT molecular complexity index is 448. The van der Waals surface area contributed by atoms with Crippen LogP contribution in [-0.2, 0) is 11.8 Å². The summed E-state index contributed by atoms with van der Waals surface area (Å²) in [4.78, 5) is 12.0. The second-order valence-corrected chi connectivity index (χ2v) is 5.58. The predicted molar refractivity (Wildman–Crippen MR) is 78.7 cm³/mol. The summed E-state index contributed by atoms with van der Waals surface area (Å²) in [6.07, 6.45) is 4.46. The number of nitrogens with one attached hydrogen (secondary N) is 1. The molecule has 1 aliphatic carbocycles. The van der Waals surface area contributed by atoms with Crippen LogP contribution in [0.3, 0.4) is 0 Å². The number of carbonyl (C=O) groups is 1. The van der Waals surface area contributed by atoms with E-state index < -0.39 is 0 Å². The van der Waals surface area contributed by atoms with Gasteiger partial charge >= 0.3 is 0 Å². The number of rotatable bonds is 5. The van der Waals surface area contributed by atoms with Gasteiger partial charge in [0.05, 0.1) is 12.7 Å². The Morgan fingerprint density at radius 2 is 2.10 bits per heavy atom. The number of aryl methyl sites for hydroxylation is 1. The van der Waals surface area contributed by atoms with Crippen molar-refractivity contribution in [3.05, 3.63) is 23.5 Å². The monoisotopic (exact) mass is 279 g/mol. The Labute approximate surface area is 120 Å². The Hall–Kier alpha value is -1.33. The third-order valence-corrected chi connectivity index (χ3v) is 4.07. The van der Waals surface area contributed by atoms with Gasteiger partial charge in [-0.25, -0.2) is 0 Å². The van der Waals surface area contributed by atoms with Crippen LogP contribution in [0.15, 0.2) is 12.1 Å². The van der Waals surface area contributed by atoms with Gasteiger partial charge in [-0.2, -0.15) is 0 Å². The van der Waals surface area contributed by atoms with Crippen LogP contribution in [0.4, 0.5) is 0 Å².